The zero-order valence-electron chi connectivity index (χ0n) is 41.1. The van der Waals surface area contributed by atoms with Gasteiger partial charge in [0.1, 0.15) is 16.2 Å². The molecule has 4 amide bonds. The normalized spacial score (nSPS) is 12.2. The van der Waals surface area contributed by atoms with Crippen LogP contribution < -0.4 is 31.9 Å². The van der Waals surface area contributed by atoms with E-state index in [2.05, 4.69) is 26.6 Å². The third-order valence-electron chi connectivity index (χ3n) is 13.2. The van der Waals surface area contributed by atoms with E-state index in [9.17, 15) is 48.5 Å². The largest absolute Gasteiger partial charge is 0.456 e. The lowest BCUT2D eigenvalue weighted by Gasteiger charge is -2.22. The van der Waals surface area contributed by atoms with Crippen LogP contribution in [0.1, 0.15) is 44.5 Å². The summed E-state index contributed by atoms with van der Waals surface area (Å²) in [5, 5.41) is 15.7. The van der Waals surface area contributed by atoms with Gasteiger partial charge in [-0.15, -0.1) is 0 Å². The van der Waals surface area contributed by atoms with Crippen LogP contribution in [-0.4, -0.2) is 51.0 Å². The molecule has 0 unspecified atom stereocenters. The first-order chi connectivity index (χ1) is 34.7. The smallest absolute Gasteiger partial charge is 0.323 e. The van der Waals surface area contributed by atoms with Crippen LogP contribution >= 0.6 is 0 Å². The molecule has 21 heteroatoms. The Kier molecular flexibility index (Phi) is 14.0. The molecule has 0 radical (unpaired) electrons. The second-order valence-electron chi connectivity index (χ2n) is 17.7. The van der Waals surface area contributed by atoms with Gasteiger partial charge < -0.3 is 31.0 Å². The molecule has 1 heterocycles. The fourth-order valence-corrected chi connectivity index (χ4v) is 10.5. The van der Waals surface area contributed by atoms with Gasteiger partial charge in [0.05, 0.1) is 20.8 Å². The summed E-state index contributed by atoms with van der Waals surface area (Å²) in [6.07, 6.45) is 0. The van der Waals surface area contributed by atoms with E-state index in [1.807, 2.05) is 61.5 Å². The van der Waals surface area contributed by atoms with Crippen molar-refractivity contribution >= 4 is 93.2 Å². The van der Waals surface area contributed by atoms with Crippen LogP contribution in [0.5, 0.6) is 0 Å². The number of urea groups is 2. The van der Waals surface area contributed by atoms with E-state index in [1.54, 1.807) is 42.5 Å². The van der Waals surface area contributed by atoms with Crippen molar-refractivity contribution < 1.29 is 52.9 Å². The summed E-state index contributed by atoms with van der Waals surface area (Å²) in [6, 6.07) is 25.8. The van der Waals surface area contributed by atoms with Gasteiger partial charge >= 0.3 is 12.1 Å². The summed E-state index contributed by atoms with van der Waals surface area (Å²) in [6.45, 7) is 15.0. The lowest BCUT2D eigenvalue weighted by molar-refractivity contribution is 0.261. The van der Waals surface area contributed by atoms with E-state index in [0.29, 0.717) is 67.3 Å². The lowest BCUT2D eigenvalue weighted by Crippen LogP contribution is -2.21. The summed E-state index contributed by atoms with van der Waals surface area (Å²) in [5.41, 5.74) is 11.5. The summed E-state index contributed by atoms with van der Waals surface area (Å²) in [4.78, 5) is 30.5. The van der Waals surface area contributed by atoms with Crippen LogP contribution in [0.25, 0.3) is 33.4 Å². The highest BCUT2D eigenvalue weighted by Crippen LogP contribution is 2.44. The second kappa shape index (κ2) is 19.8. The molecular weight excluding hydrogens is 1010 g/mol. The van der Waals surface area contributed by atoms with Gasteiger partial charge in [-0.1, -0.05) is 18.2 Å². The molecule has 6 aromatic carbocycles. The fraction of sp³-hybridized carbons (Fsp3) is 0.151. The van der Waals surface area contributed by atoms with Crippen molar-refractivity contribution in [3.05, 3.63) is 159 Å². The van der Waals surface area contributed by atoms with Gasteiger partial charge in [0.15, 0.2) is 0 Å². The first kappa shape index (κ1) is 52.4. The van der Waals surface area contributed by atoms with Crippen LogP contribution in [0.4, 0.5) is 49.4 Å². The number of nitrogens with zero attached hydrogens (tertiary/aromatic N) is 1. The number of fused-ring (bicyclic) bond motifs is 2. The molecule has 0 bridgehead atoms. The number of hydrogen-bond donors (Lipinski definition) is 8. The molecule has 18 nitrogen and oxygen atoms in total. The standard InChI is InChI=1S/C53H50N6O12S3/c1-27-31(5)50(58-52(60)56-35-13-19-39(20-14-35)72(62,63)64)32(6)28(2)48(27)54-37-17-23-41-44(25-37)71-45-26-38(18-24-42(45)47(41)43-11-9-10-12-46(43)74(68,69)70)55-49-29(3)33(7)51(34(8)30(49)4)59-53(61)57-36-15-21-40(22-16-36)73(65,66)67/h9-26,54H,1-8H3,(H2,56,58,60)(H2,57,59,61)(H,62,63,64)(H,65,66,67)(H,68,69,70)/b55-38+. The highest BCUT2D eigenvalue weighted by molar-refractivity contribution is 7.86. The topological polar surface area (TPSA) is 283 Å². The van der Waals surface area contributed by atoms with Gasteiger partial charge in [-0.2, -0.15) is 25.3 Å². The fourth-order valence-electron chi connectivity index (χ4n) is 8.80. The number of rotatable bonds is 11. The van der Waals surface area contributed by atoms with Gasteiger partial charge in [0.25, 0.3) is 30.4 Å². The van der Waals surface area contributed by atoms with Crippen LogP contribution in [0.15, 0.2) is 133 Å². The molecule has 0 atom stereocenters. The molecule has 0 saturated heterocycles. The minimum absolute atomic E-state index is 0.242. The monoisotopic (exact) mass is 1060 g/mol. The van der Waals surface area contributed by atoms with Gasteiger partial charge in [-0.25, -0.2) is 14.6 Å². The van der Waals surface area contributed by atoms with Crippen LogP contribution in [0.2, 0.25) is 0 Å². The maximum Gasteiger partial charge on any atom is 0.323 e. The molecule has 0 saturated carbocycles. The van der Waals surface area contributed by atoms with Crippen molar-refractivity contribution in [2.75, 3.05) is 26.6 Å². The molecular formula is C53H50N6O12S3. The maximum atomic E-state index is 13.2. The molecule has 0 spiro atoms. The highest BCUT2D eigenvalue weighted by atomic mass is 32.2. The Labute approximate surface area is 427 Å². The van der Waals surface area contributed by atoms with Crippen molar-refractivity contribution in [2.24, 2.45) is 4.99 Å². The number of carbonyl (C=O) groups excluding carboxylic acids is 2. The quantitative estimate of drug-likeness (QED) is 0.0442. The molecule has 6 aromatic rings. The molecule has 1 aliphatic carbocycles. The minimum Gasteiger partial charge on any atom is -0.456 e. The van der Waals surface area contributed by atoms with Crippen LogP contribution in [-0.2, 0) is 30.4 Å². The van der Waals surface area contributed by atoms with Gasteiger partial charge in [0.2, 0.25) is 0 Å². The predicted molar refractivity (Wildman–Crippen MR) is 285 cm³/mol. The number of anilines is 6. The summed E-state index contributed by atoms with van der Waals surface area (Å²) < 4.78 is 107. The zero-order valence-corrected chi connectivity index (χ0v) is 43.5. The van der Waals surface area contributed by atoms with Crippen molar-refractivity contribution in [3.8, 4) is 22.5 Å². The second-order valence-corrected chi connectivity index (χ2v) is 21.9. The van der Waals surface area contributed by atoms with E-state index in [0.717, 1.165) is 50.2 Å². The first-order valence-electron chi connectivity index (χ1n) is 22.6. The SMILES string of the molecule is Cc1c(C)c(NC(=O)Nc2ccc(S(=O)(=O)O)cc2)c(C)c(C)c1/N=c1\ccc2c(-c3ccccc3S(=O)(=O)O)c3ccc(Nc4c(C)c(C)c(NC(=O)Nc5ccc(S(=O)(=O)O)cc5)c(C)c4C)cc3oc-2c1. The number of amides is 4. The predicted octanol–water partition coefficient (Wildman–Crippen LogP) is 11.7. The third kappa shape index (κ3) is 10.6. The van der Waals surface area contributed by atoms with Crippen molar-refractivity contribution in [1.82, 2.24) is 0 Å². The molecule has 0 fully saturated rings. The van der Waals surface area contributed by atoms with E-state index in [4.69, 9.17) is 9.41 Å². The molecule has 8 N–H and O–H groups in total. The Morgan fingerprint density at radius 2 is 0.932 bits per heavy atom. The van der Waals surface area contributed by atoms with Gasteiger partial charge in [-0.3, -0.25) is 13.7 Å². The Morgan fingerprint density at radius 3 is 1.42 bits per heavy atom. The Balaban J connectivity index is 1.16. The van der Waals surface area contributed by atoms with Crippen molar-refractivity contribution in [3.63, 3.8) is 0 Å². The zero-order chi connectivity index (χ0) is 53.8. The van der Waals surface area contributed by atoms with Gasteiger partial charge in [-0.05, 0) is 179 Å². The Morgan fingerprint density at radius 1 is 0.473 bits per heavy atom. The summed E-state index contributed by atoms with van der Waals surface area (Å²) in [7, 11) is -13.5. The number of benzene rings is 7. The average Bonchev–Trinajstić information content (AvgIpc) is 3.34. The van der Waals surface area contributed by atoms with Crippen LogP contribution in [0, 0.1) is 55.4 Å². The van der Waals surface area contributed by atoms with E-state index < -0.39 is 42.4 Å². The average molecular weight is 1060 g/mol. The highest BCUT2D eigenvalue weighted by Gasteiger charge is 2.25. The number of nitrogens with one attached hydrogen (secondary N) is 5. The van der Waals surface area contributed by atoms with E-state index in [1.165, 1.54) is 60.7 Å². The maximum absolute atomic E-state index is 13.2. The van der Waals surface area contributed by atoms with Crippen LogP contribution in [0.3, 0.4) is 0 Å². The van der Waals surface area contributed by atoms with Crippen molar-refractivity contribution in [2.45, 2.75) is 70.1 Å². The van der Waals surface area contributed by atoms with Gasteiger partial charge in [0, 0.05) is 68.3 Å². The molecule has 74 heavy (non-hydrogen) atoms. The Bertz CT molecular complexity index is 3970. The molecule has 382 valence electrons. The molecule has 8 rings (SSSR count). The minimum atomic E-state index is -4.70. The summed E-state index contributed by atoms with van der Waals surface area (Å²) >= 11 is 0. The Hall–Kier alpha value is -7.92. The summed E-state index contributed by atoms with van der Waals surface area (Å²) in [5.74, 6) is 0.349. The van der Waals surface area contributed by atoms with Crippen molar-refractivity contribution in [1.29, 1.82) is 0 Å². The van der Waals surface area contributed by atoms with E-state index >= 15 is 0 Å². The lowest BCUT2D eigenvalue weighted by atomic mass is 9.93. The third-order valence-corrected chi connectivity index (χ3v) is 15.8. The molecule has 2 aliphatic rings. The number of hydrogen-bond acceptors (Lipinski definition) is 11. The number of carbonyl (C=O) groups is 2. The molecule has 1 aliphatic heterocycles. The van der Waals surface area contributed by atoms with E-state index in [-0.39, 0.29) is 20.2 Å². The molecule has 0 aromatic heterocycles. The first-order valence-corrected chi connectivity index (χ1v) is 26.9.